The van der Waals surface area contributed by atoms with Crippen molar-refractivity contribution >= 4 is 11.6 Å². The van der Waals surface area contributed by atoms with Crippen LogP contribution in [0.3, 0.4) is 0 Å². The predicted octanol–water partition coefficient (Wildman–Crippen LogP) is 2.71. The summed E-state index contributed by atoms with van der Waals surface area (Å²) in [4.78, 5) is 4.14. The fraction of sp³-hybridized carbons (Fsp3) is 0.308. The minimum absolute atomic E-state index is 0.437. The third-order valence-corrected chi connectivity index (χ3v) is 2.78. The van der Waals surface area contributed by atoms with Crippen molar-refractivity contribution in [3.05, 3.63) is 42.5 Å². The Kier molecular flexibility index (Phi) is 4.47. The van der Waals surface area contributed by atoms with Gasteiger partial charge in [-0.15, -0.1) is 11.6 Å². The molecule has 0 aliphatic rings. The monoisotopic (exact) mass is 266 g/mol. The number of ether oxygens (including phenoxy) is 2. The van der Waals surface area contributed by atoms with Crippen molar-refractivity contribution in [2.75, 3.05) is 13.7 Å². The third kappa shape index (κ3) is 3.40. The quantitative estimate of drug-likeness (QED) is 0.755. The Hall–Kier alpha value is -1.68. The van der Waals surface area contributed by atoms with Crippen LogP contribution in [0.1, 0.15) is 5.69 Å². The summed E-state index contributed by atoms with van der Waals surface area (Å²) in [5.41, 5.74) is 0.876. The molecule has 1 aromatic carbocycles. The minimum Gasteiger partial charge on any atom is -0.497 e. The molecule has 18 heavy (non-hydrogen) atoms. The first-order chi connectivity index (χ1) is 8.81. The molecule has 0 aliphatic heterocycles. The van der Waals surface area contributed by atoms with Crippen LogP contribution in [0.15, 0.2) is 36.8 Å². The van der Waals surface area contributed by atoms with E-state index in [1.165, 1.54) is 0 Å². The number of rotatable bonds is 6. The smallest absolute Gasteiger partial charge is 0.119 e. The van der Waals surface area contributed by atoms with Gasteiger partial charge in [-0.25, -0.2) is 4.98 Å². The van der Waals surface area contributed by atoms with E-state index in [1.54, 1.807) is 13.4 Å². The van der Waals surface area contributed by atoms with E-state index in [9.17, 15) is 0 Å². The number of hydrogen-bond donors (Lipinski definition) is 0. The van der Waals surface area contributed by atoms with Gasteiger partial charge in [0.1, 0.15) is 18.1 Å². The molecule has 0 saturated heterocycles. The van der Waals surface area contributed by atoms with Crippen LogP contribution in [0.4, 0.5) is 0 Å². The van der Waals surface area contributed by atoms with Gasteiger partial charge in [0, 0.05) is 6.20 Å². The van der Waals surface area contributed by atoms with E-state index in [2.05, 4.69) is 4.98 Å². The lowest BCUT2D eigenvalue weighted by atomic mass is 10.3. The molecule has 0 fully saturated rings. The van der Waals surface area contributed by atoms with Gasteiger partial charge >= 0.3 is 0 Å². The molecule has 0 unspecified atom stereocenters. The second-order valence-electron chi connectivity index (χ2n) is 3.76. The Morgan fingerprint density at radius 3 is 2.56 bits per heavy atom. The maximum atomic E-state index is 5.68. The normalized spacial score (nSPS) is 10.3. The largest absolute Gasteiger partial charge is 0.497 e. The predicted molar refractivity (Wildman–Crippen MR) is 70.3 cm³/mol. The molecule has 0 aliphatic carbocycles. The van der Waals surface area contributed by atoms with Gasteiger partial charge in [0.05, 0.1) is 31.6 Å². The average molecular weight is 267 g/mol. The Labute approximate surface area is 111 Å². The molecule has 0 bridgehead atoms. The maximum absolute atomic E-state index is 5.68. The summed E-state index contributed by atoms with van der Waals surface area (Å²) in [6.45, 7) is 1.33. The molecule has 4 nitrogen and oxygen atoms in total. The van der Waals surface area contributed by atoms with E-state index in [0.29, 0.717) is 12.5 Å². The van der Waals surface area contributed by atoms with Gasteiger partial charge in [-0.3, -0.25) is 0 Å². The molecule has 96 valence electrons. The van der Waals surface area contributed by atoms with Crippen molar-refractivity contribution < 1.29 is 9.47 Å². The summed E-state index contributed by atoms with van der Waals surface area (Å²) in [6.07, 6.45) is 3.68. The highest BCUT2D eigenvalue weighted by Crippen LogP contribution is 2.16. The van der Waals surface area contributed by atoms with Gasteiger partial charge < -0.3 is 14.0 Å². The second kappa shape index (κ2) is 6.31. The van der Waals surface area contributed by atoms with Crippen molar-refractivity contribution in [3.63, 3.8) is 0 Å². The number of imidazole rings is 1. The summed E-state index contributed by atoms with van der Waals surface area (Å²) >= 11 is 5.68. The standard InChI is InChI=1S/C13H15ClN2O2/c1-17-12-2-4-13(5-3-12)18-7-6-16-9-11(8-14)15-10-16/h2-5,9-10H,6-8H2,1H3. The van der Waals surface area contributed by atoms with Gasteiger partial charge in [-0.1, -0.05) is 0 Å². The van der Waals surface area contributed by atoms with Crippen LogP contribution < -0.4 is 9.47 Å². The number of aromatic nitrogens is 2. The average Bonchev–Trinajstić information content (AvgIpc) is 2.87. The van der Waals surface area contributed by atoms with Crippen molar-refractivity contribution in [1.29, 1.82) is 0 Å². The SMILES string of the molecule is COc1ccc(OCCn2cnc(CCl)c2)cc1. The molecular weight excluding hydrogens is 252 g/mol. The zero-order valence-corrected chi connectivity index (χ0v) is 10.9. The van der Waals surface area contributed by atoms with Crippen LogP contribution >= 0.6 is 11.6 Å². The summed E-state index contributed by atoms with van der Waals surface area (Å²) in [5.74, 6) is 2.09. The summed E-state index contributed by atoms with van der Waals surface area (Å²) in [7, 11) is 1.64. The highest BCUT2D eigenvalue weighted by atomic mass is 35.5. The first-order valence-corrected chi connectivity index (χ1v) is 6.18. The van der Waals surface area contributed by atoms with Crippen molar-refractivity contribution in [2.45, 2.75) is 12.4 Å². The summed E-state index contributed by atoms with van der Waals surface area (Å²) in [5, 5.41) is 0. The van der Waals surface area contributed by atoms with Crippen molar-refractivity contribution in [2.24, 2.45) is 0 Å². The zero-order valence-electron chi connectivity index (χ0n) is 10.2. The fourth-order valence-corrected chi connectivity index (χ4v) is 1.68. The Balaban J connectivity index is 1.80. The van der Waals surface area contributed by atoms with Gasteiger partial charge in [0.2, 0.25) is 0 Å². The fourth-order valence-electron chi connectivity index (χ4n) is 1.54. The summed E-state index contributed by atoms with van der Waals surface area (Å²) < 4.78 is 12.7. The summed E-state index contributed by atoms with van der Waals surface area (Å²) in [6, 6.07) is 7.52. The lowest BCUT2D eigenvalue weighted by Gasteiger charge is -2.07. The van der Waals surface area contributed by atoms with Crippen LogP contribution in [-0.4, -0.2) is 23.3 Å². The molecule has 0 radical (unpaired) electrons. The number of hydrogen-bond acceptors (Lipinski definition) is 3. The number of benzene rings is 1. The second-order valence-corrected chi connectivity index (χ2v) is 4.03. The lowest BCUT2D eigenvalue weighted by Crippen LogP contribution is -2.06. The lowest BCUT2D eigenvalue weighted by molar-refractivity contribution is 0.297. The van der Waals surface area contributed by atoms with Crippen molar-refractivity contribution in [1.82, 2.24) is 9.55 Å². The van der Waals surface area contributed by atoms with Crippen LogP contribution in [-0.2, 0) is 12.4 Å². The van der Waals surface area contributed by atoms with Crippen LogP contribution in [0, 0.1) is 0 Å². The molecule has 2 rings (SSSR count). The molecule has 0 spiro atoms. The Morgan fingerprint density at radius 2 is 1.94 bits per heavy atom. The number of halogens is 1. The molecular formula is C13H15ClN2O2. The van der Waals surface area contributed by atoms with E-state index in [-0.39, 0.29) is 0 Å². The van der Waals surface area contributed by atoms with Crippen LogP contribution in [0.2, 0.25) is 0 Å². The first-order valence-electron chi connectivity index (χ1n) is 5.65. The molecule has 0 saturated carbocycles. The maximum Gasteiger partial charge on any atom is 0.119 e. The topological polar surface area (TPSA) is 36.3 Å². The first kappa shape index (κ1) is 12.8. The van der Waals surface area contributed by atoms with E-state index in [4.69, 9.17) is 21.1 Å². The van der Waals surface area contributed by atoms with Crippen molar-refractivity contribution in [3.8, 4) is 11.5 Å². The highest BCUT2D eigenvalue weighted by Gasteiger charge is 1.98. The van der Waals surface area contributed by atoms with E-state index in [1.807, 2.05) is 35.0 Å². The molecule has 0 N–H and O–H groups in total. The molecule has 2 aromatic rings. The van der Waals surface area contributed by atoms with E-state index < -0.39 is 0 Å². The third-order valence-electron chi connectivity index (χ3n) is 2.50. The molecule has 0 amide bonds. The number of alkyl halides is 1. The van der Waals surface area contributed by atoms with Gasteiger partial charge in [0.15, 0.2) is 0 Å². The van der Waals surface area contributed by atoms with E-state index >= 15 is 0 Å². The van der Waals surface area contributed by atoms with Gasteiger partial charge in [-0.05, 0) is 24.3 Å². The minimum atomic E-state index is 0.437. The molecule has 1 heterocycles. The molecule has 1 aromatic heterocycles. The molecule has 0 atom stereocenters. The number of methoxy groups -OCH3 is 1. The van der Waals surface area contributed by atoms with Gasteiger partial charge in [-0.2, -0.15) is 0 Å². The zero-order chi connectivity index (χ0) is 12.8. The van der Waals surface area contributed by atoms with Gasteiger partial charge in [0.25, 0.3) is 0 Å². The van der Waals surface area contributed by atoms with E-state index in [0.717, 1.165) is 23.7 Å². The Bertz CT molecular complexity index is 482. The highest BCUT2D eigenvalue weighted by molar-refractivity contribution is 6.16. The number of nitrogens with zero attached hydrogens (tertiary/aromatic N) is 2. The molecule has 5 heteroatoms. The van der Waals surface area contributed by atoms with Crippen LogP contribution in [0.25, 0.3) is 0 Å². The van der Waals surface area contributed by atoms with Crippen LogP contribution in [0.5, 0.6) is 11.5 Å². The Morgan fingerprint density at radius 1 is 1.22 bits per heavy atom.